The van der Waals surface area contributed by atoms with E-state index in [1.54, 1.807) is 6.92 Å². The number of carbonyl (C=O) groups is 1. The van der Waals surface area contributed by atoms with Gasteiger partial charge in [-0.05, 0) is 63.5 Å². The number of fused-ring (bicyclic) bond motifs is 3. The van der Waals surface area contributed by atoms with Gasteiger partial charge in [0.05, 0.1) is 17.6 Å². The fourth-order valence-corrected chi connectivity index (χ4v) is 7.15. The van der Waals surface area contributed by atoms with Gasteiger partial charge in [0.15, 0.2) is 0 Å². The first kappa shape index (κ1) is 23.5. The van der Waals surface area contributed by atoms with Crippen molar-refractivity contribution in [2.24, 2.45) is 5.92 Å². The van der Waals surface area contributed by atoms with E-state index in [9.17, 15) is 9.59 Å². The topological polar surface area (TPSA) is 64.4 Å². The summed E-state index contributed by atoms with van der Waals surface area (Å²) in [6.07, 6.45) is 13.9. The van der Waals surface area contributed by atoms with Crippen LogP contribution >= 0.6 is 0 Å². The van der Waals surface area contributed by atoms with Crippen LogP contribution < -0.4 is 5.56 Å². The highest BCUT2D eigenvalue weighted by Crippen LogP contribution is 2.44. The first-order valence-corrected chi connectivity index (χ1v) is 13.6. The fraction of sp³-hybridized carbons (Fsp3) is 0.679. The maximum Gasteiger partial charge on any atom is 0.362 e. The third-order valence-corrected chi connectivity index (χ3v) is 8.62. The molecule has 2 aliphatic heterocycles. The first-order chi connectivity index (χ1) is 16.6. The highest BCUT2D eigenvalue weighted by molar-refractivity contribution is 5.89. The lowest BCUT2D eigenvalue weighted by Crippen LogP contribution is -2.50. The summed E-state index contributed by atoms with van der Waals surface area (Å²) in [7, 11) is 0. The summed E-state index contributed by atoms with van der Waals surface area (Å²) in [4.78, 5) is 33.3. The van der Waals surface area contributed by atoms with Crippen molar-refractivity contribution < 1.29 is 9.53 Å². The number of carbonyl (C=O) groups excluding carboxylic acids is 1. The van der Waals surface area contributed by atoms with Gasteiger partial charge in [0.2, 0.25) is 5.69 Å². The summed E-state index contributed by atoms with van der Waals surface area (Å²) < 4.78 is 7.04. The van der Waals surface area contributed by atoms with Gasteiger partial charge in [-0.3, -0.25) is 9.69 Å². The van der Waals surface area contributed by atoms with Gasteiger partial charge >= 0.3 is 5.97 Å². The number of para-hydroxylation sites is 2. The quantitative estimate of drug-likeness (QED) is 0.506. The number of ether oxygens (including phenoxy) is 1. The van der Waals surface area contributed by atoms with Gasteiger partial charge in [0.1, 0.15) is 0 Å². The molecule has 0 radical (unpaired) electrons. The van der Waals surface area contributed by atoms with Gasteiger partial charge in [0.25, 0.3) is 5.56 Å². The molecule has 1 saturated carbocycles. The van der Waals surface area contributed by atoms with E-state index >= 15 is 0 Å². The molecule has 1 aliphatic carbocycles. The summed E-state index contributed by atoms with van der Waals surface area (Å²) in [5, 5.41) is 0. The molecule has 0 unspecified atom stereocenters. The maximum atomic E-state index is 13.6. The van der Waals surface area contributed by atoms with Crippen LogP contribution in [-0.2, 0) is 4.74 Å². The van der Waals surface area contributed by atoms with Crippen LogP contribution in [0, 0.1) is 5.92 Å². The summed E-state index contributed by atoms with van der Waals surface area (Å²) in [5.41, 5.74) is 1.12. The smallest absolute Gasteiger partial charge is 0.362 e. The molecule has 2 aromatic rings. The van der Waals surface area contributed by atoms with Crippen LogP contribution in [0.2, 0.25) is 0 Å². The Labute approximate surface area is 202 Å². The predicted octanol–water partition coefficient (Wildman–Crippen LogP) is 5.49. The molecular weight excluding hydrogens is 426 g/mol. The number of aromatic nitrogens is 2. The Morgan fingerprint density at radius 3 is 2.41 bits per heavy atom. The van der Waals surface area contributed by atoms with E-state index in [0.29, 0.717) is 23.6 Å². The summed E-state index contributed by atoms with van der Waals surface area (Å²) in [6.45, 7) is 4.34. The molecule has 5 rings (SSSR count). The zero-order valence-electron chi connectivity index (χ0n) is 20.7. The van der Waals surface area contributed by atoms with Crippen LogP contribution in [0.3, 0.4) is 0 Å². The van der Waals surface area contributed by atoms with Gasteiger partial charge in [-0.15, -0.1) is 0 Å². The highest BCUT2D eigenvalue weighted by Gasteiger charge is 2.45. The second-order valence-corrected chi connectivity index (χ2v) is 10.6. The molecule has 3 heterocycles. The Balaban J connectivity index is 1.43. The van der Waals surface area contributed by atoms with Gasteiger partial charge in [-0.25, -0.2) is 9.78 Å². The van der Waals surface area contributed by atoms with E-state index in [2.05, 4.69) is 16.8 Å². The van der Waals surface area contributed by atoms with E-state index in [0.717, 1.165) is 24.3 Å². The van der Waals surface area contributed by atoms with E-state index in [1.807, 2.05) is 28.8 Å². The van der Waals surface area contributed by atoms with E-state index < -0.39 is 5.97 Å². The minimum Gasteiger partial charge on any atom is -0.461 e. The standard InChI is InChI=1S/C28H39N3O3/c1-3-20(16-19-10-6-5-7-11-19)30-21-14-15-22(30)18-23(17-21)31-25-13-9-8-12-24(25)29-26(27(31)32)28(33)34-4-2/h8-9,12-13,19-23H,3-7,10-11,14-18H2,1-2H3/t20-,21-,22+,23+/m0/s1. The average Bonchev–Trinajstić information content (AvgIpc) is 3.11. The minimum atomic E-state index is -0.620. The molecule has 0 amide bonds. The molecule has 0 spiro atoms. The first-order valence-electron chi connectivity index (χ1n) is 13.6. The van der Waals surface area contributed by atoms with Gasteiger partial charge in [-0.1, -0.05) is 51.2 Å². The summed E-state index contributed by atoms with van der Waals surface area (Å²) in [5.74, 6) is 0.265. The molecule has 184 valence electrons. The lowest BCUT2D eigenvalue weighted by atomic mass is 9.82. The van der Waals surface area contributed by atoms with Gasteiger partial charge < -0.3 is 9.30 Å². The molecule has 2 bridgehead atoms. The Kier molecular flexibility index (Phi) is 7.05. The average molecular weight is 466 g/mol. The Bertz CT molecular complexity index is 1060. The van der Waals surface area contributed by atoms with Crippen molar-refractivity contribution in [2.75, 3.05) is 6.61 Å². The molecule has 1 aromatic heterocycles. The molecule has 2 saturated heterocycles. The zero-order valence-corrected chi connectivity index (χ0v) is 20.7. The summed E-state index contributed by atoms with van der Waals surface area (Å²) in [6, 6.07) is 9.48. The molecule has 6 heteroatoms. The second kappa shape index (κ2) is 10.2. The molecule has 3 aliphatic rings. The molecule has 4 atom stereocenters. The van der Waals surface area contributed by atoms with Crippen LogP contribution in [-0.4, -0.2) is 45.2 Å². The van der Waals surface area contributed by atoms with Crippen molar-refractivity contribution in [2.45, 2.75) is 109 Å². The lowest BCUT2D eigenvalue weighted by Gasteiger charge is -2.45. The highest BCUT2D eigenvalue weighted by atomic mass is 16.5. The van der Waals surface area contributed by atoms with Crippen LogP contribution in [0.15, 0.2) is 29.1 Å². The van der Waals surface area contributed by atoms with Gasteiger partial charge in [0, 0.05) is 24.2 Å². The number of piperidine rings is 1. The van der Waals surface area contributed by atoms with Crippen molar-refractivity contribution in [3.8, 4) is 0 Å². The Morgan fingerprint density at radius 2 is 1.74 bits per heavy atom. The SMILES string of the molecule is CCOC(=O)c1nc2ccccc2n([C@H]2C[C@H]3CC[C@@H](C2)N3[C@@H](CC)CC2CCCCC2)c1=O. The molecule has 34 heavy (non-hydrogen) atoms. The number of benzene rings is 1. The van der Waals surface area contributed by atoms with Crippen molar-refractivity contribution >= 4 is 17.0 Å². The predicted molar refractivity (Wildman–Crippen MR) is 134 cm³/mol. The largest absolute Gasteiger partial charge is 0.461 e. The normalized spacial score (nSPS) is 26.6. The van der Waals surface area contributed by atoms with Crippen molar-refractivity contribution in [1.82, 2.24) is 14.5 Å². The Morgan fingerprint density at radius 1 is 1.03 bits per heavy atom. The van der Waals surface area contributed by atoms with Crippen LogP contribution in [0.25, 0.3) is 11.0 Å². The van der Waals surface area contributed by atoms with Crippen molar-refractivity contribution in [1.29, 1.82) is 0 Å². The molecular formula is C28H39N3O3. The minimum absolute atomic E-state index is 0.0842. The lowest BCUT2D eigenvalue weighted by molar-refractivity contribution is 0.0447. The third-order valence-electron chi connectivity index (χ3n) is 8.62. The fourth-order valence-electron chi connectivity index (χ4n) is 7.15. The van der Waals surface area contributed by atoms with E-state index in [-0.39, 0.29) is 23.9 Å². The number of esters is 1. The molecule has 1 aromatic carbocycles. The van der Waals surface area contributed by atoms with Crippen molar-refractivity contribution in [3.63, 3.8) is 0 Å². The molecule has 0 N–H and O–H groups in total. The van der Waals surface area contributed by atoms with Crippen LogP contribution in [0.1, 0.15) is 101 Å². The Hall–Kier alpha value is -2.21. The number of hydrogen-bond acceptors (Lipinski definition) is 5. The zero-order chi connectivity index (χ0) is 23.7. The monoisotopic (exact) mass is 465 g/mol. The van der Waals surface area contributed by atoms with E-state index in [4.69, 9.17) is 4.74 Å². The number of nitrogens with zero attached hydrogens (tertiary/aromatic N) is 3. The number of rotatable bonds is 7. The number of hydrogen-bond donors (Lipinski definition) is 0. The van der Waals surface area contributed by atoms with Crippen molar-refractivity contribution in [3.05, 3.63) is 40.3 Å². The molecule has 6 nitrogen and oxygen atoms in total. The van der Waals surface area contributed by atoms with E-state index in [1.165, 1.54) is 57.8 Å². The van der Waals surface area contributed by atoms with Gasteiger partial charge in [-0.2, -0.15) is 0 Å². The summed E-state index contributed by atoms with van der Waals surface area (Å²) >= 11 is 0. The third kappa shape index (κ3) is 4.41. The molecule has 3 fully saturated rings. The second-order valence-electron chi connectivity index (χ2n) is 10.6. The maximum absolute atomic E-state index is 13.6. The van der Waals surface area contributed by atoms with Crippen LogP contribution in [0.4, 0.5) is 0 Å². The van der Waals surface area contributed by atoms with Crippen LogP contribution in [0.5, 0.6) is 0 Å².